The summed E-state index contributed by atoms with van der Waals surface area (Å²) in [5.41, 5.74) is 13.8. The Kier molecular flexibility index (Phi) is 5.27. The van der Waals surface area contributed by atoms with Crippen LogP contribution in [0.4, 0.5) is 17.1 Å². The third-order valence-corrected chi connectivity index (χ3v) is 10.2. The van der Waals surface area contributed by atoms with Crippen LogP contribution in [0.3, 0.4) is 0 Å². The van der Waals surface area contributed by atoms with E-state index in [-0.39, 0.29) is 5.41 Å². The average Bonchev–Trinajstić information content (AvgIpc) is 3.60. The molecule has 2 aliphatic carbocycles. The summed E-state index contributed by atoms with van der Waals surface area (Å²) in [5.74, 6) is 0. The largest absolute Gasteiger partial charge is 0.309 e. The molecule has 0 aromatic heterocycles. The maximum Gasteiger partial charge on any atom is 0.0726 e. The first kappa shape index (κ1) is 25.4. The summed E-state index contributed by atoms with van der Waals surface area (Å²) in [6.45, 7) is 0. The van der Waals surface area contributed by atoms with E-state index < -0.39 is 0 Å². The van der Waals surface area contributed by atoms with Gasteiger partial charge in [-0.2, -0.15) is 0 Å². The molecule has 8 aromatic carbocycles. The Morgan fingerprint density at radius 3 is 1.59 bits per heavy atom. The summed E-state index contributed by atoms with van der Waals surface area (Å²) in [7, 11) is 0. The molecule has 46 heavy (non-hydrogen) atoms. The minimum absolute atomic E-state index is 0.386. The lowest BCUT2D eigenvalue weighted by molar-refractivity contribution is 0.794. The van der Waals surface area contributed by atoms with Gasteiger partial charge in [-0.1, -0.05) is 152 Å². The van der Waals surface area contributed by atoms with Gasteiger partial charge in [0.2, 0.25) is 0 Å². The minimum atomic E-state index is -0.386. The Balaban J connectivity index is 1.35. The molecule has 1 heteroatoms. The third-order valence-electron chi connectivity index (χ3n) is 10.2. The van der Waals surface area contributed by atoms with Crippen LogP contribution in [0.1, 0.15) is 22.3 Å². The van der Waals surface area contributed by atoms with Crippen molar-refractivity contribution in [1.82, 2.24) is 0 Å². The molecular weight excluding hydrogens is 555 g/mol. The van der Waals surface area contributed by atoms with Crippen LogP contribution in [0.15, 0.2) is 176 Å². The summed E-state index contributed by atoms with van der Waals surface area (Å²) in [6.07, 6.45) is 0. The van der Waals surface area contributed by atoms with Crippen LogP contribution in [-0.4, -0.2) is 0 Å². The smallest absolute Gasteiger partial charge is 0.0726 e. The van der Waals surface area contributed by atoms with Gasteiger partial charge in [-0.15, -0.1) is 0 Å². The fourth-order valence-electron chi connectivity index (χ4n) is 8.52. The number of hydrogen-bond donors (Lipinski definition) is 0. The van der Waals surface area contributed by atoms with Crippen LogP contribution in [0.25, 0.3) is 43.8 Å². The lowest BCUT2D eigenvalue weighted by Gasteiger charge is -2.32. The standard InChI is InChI=1S/C45H29N/c1-2-16-31(17-3-1)46(43-29-30-15-4-5-18-32(30)33-19-6-7-22-36(33)43)42-28-14-27-41-44(42)37-23-10-13-26-40(37)45(41)38-24-11-8-20-34(38)35-21-9-12-25-39(35)45/h1-29H. The van der Waals surface area contributed by atoms with Crippen LogP contribution in [0.2, 0.25) is 0 Å². The van der Waals surface area contributed by atoms with E-state index in [1.165, 1.54) is 77.4 Å². The van der Waals surface area contributed by atoms with E-state index in [1.807, 2.05) is 0 Å². The number of nitrogens with zero attached hydrogens (tertiary/aromatic N) is 1. The Hall–Kier alpha value is -5.92. The van der Waals surface area contributed by atoms with E-state index in [4.69, 9.17) is 0 Å². The summed E-state index contributed by atoms with van der Waals surface area (Å²) >= 11 is 0. The normalized spacial score (nSPS) is 13.4. The van der Waals surface area contributed by atoms with Crippen molar-refractivity contribution in [2.75, 3.05) is 4.90 Å². The SMILES string of the molecule is c1ccc(N(c2cccc3c2-c2ccccc2C32c3ccccc3-c3ccccc32)c2cc3ccccc3c3ccccc23)cc1. The van der Waals surface area contributed by atoms with Gasteiger partial charge in [0, 0.05) is 16.6 Å². The number of rotatable bonds is 3. The molecule has 1 nitrogen and oxygen atoms in total. The molecule has 0 atom stereocenters. The number of benzene rings is 8. The van der Waals surface area contributed by atoms with Gasteiger partial charge in [0.25, 0.3) is 0 Å². The molecule has 214 valence electrons. The molecule has 0 N–H and O–H groups in total. The maximum absolute atomic E-state index is 2.50. The van der Waals surface area contributed by atoms with Gasteiger partial charge >= 0.3 is 0 Å². The van der Waals surface area contributed by atoms with Gasteiger partial charge in [0.05, 0.1) is 16.8 Å². The quantitative estimate of drug-likeness (QED) is 0.187. The molecule has 10 rings (SSSR count). The fraction of sp³-hybridized carbons (Fsp3) is 0.0222. The van der Waals surface area contributed by atoms with Crippen LogP contribution in [0, 0.1) is 0 Å². The van der Waals surface area contributed by atoms with Crippen molar-refractivity contribution in [2.24, 2.45) is 0 Å². The Bertz CT molecular complexity index is 2440. The van der Waals surface area contributed by atoms with E-state index >= 15 is 0 Å². The van der Waals surface area contributed by atoms with Gasteiger partial charge in [0.1, 0.15) is 0 Å². The van der Waals surface area contributed by atoms with Crippen molar-refractivity contribution >= 4 is 38.6 Å². The second-order valence-corrected chi connectivity index (χ2v) is 12.4. The second kappa shape index (κ2) is 9.54. The summed E-state index contributed by atoms with van der Waals surface area (Å²) in [5, 5.41) is 5.01. The van der Waals surface area contributed by atoms with Gasteiger partial charge in [-0.3, -0.25) is 0 Å². The topological polar surface area (TPSA) is 3.24 Å². The highest BCUT2D eigenvalue weighted by molar-refractivity contribution is 6.15. The van der Waals surface area contributed by atoms with E-state index in [1.54, 1.807) is 0 Å². The molecule has 0 saturated heterocycles. The maximum atomic E-state index is 2.50. The summed E-state index contributed by atoms with van der Waals surface area (Å²) in [4.78, 5) is 2.50. The van der Waals surface area contributed by atoms with Crippen LogP contribution in [-0.2, 0) is 5.41 Å². The minimum Gasteiger partial charge on any atom is -0.309 e. The molecule has 0 amide bonds. The molecular formula is C45H29N. The Morgan fingerprint density at radius 1 is 0.348 bits per heavy atom. The molecule has 0 heterocycles. The van der Waals surface area contributed by atoms with Crippen molar-refractivity contribution in [3.05, 3.63) is 198 Å². The van der Waals surface area contributed by atoms with Crippen LogP contribution >= 0.6 is 0 Å². The van der Waals surface area contributed by atoms with Gasteiger partial charge in [-0.05, 0) is 79.4 Å². The van der Waals surface area contributed by atoms with Crippen LogP contribution < -0.4 is 4.90 Å². The van der Waals surface area contributed by atoms with Gasteiger partial charge in [0.15, 0.2) is 0 Å². The molecule has 2 aliphatic rings. The van der Waals surface area contributed by atoms with Crippen LogP contribution in [0.5, 0.6) is 0 Å². The van der Waals surface area contributed by atoms with Crippen molar-refractivity contribution in [3.8, 4) is 22.3 Å². The van der Waals surface area contributed by atoms with Crippen molar-refractivity contribution < 1.29 is 0 Å². The zero-order valence-electron chi connectivity index (χ0n) is 25.2. The molecule has 0 saturated carbocycles. The lowest BCUT2D eigenvalue weighted by atomic mass is 9.70. The molecule has 0 unspecified atom stereocenters. The molecule has 0 bridgehead atoms. The highest BCUT2D eigenvalue weighted by Crippen LogP contribution is 2.64. The fourth-order valence-corrected chi connectivity index (χ4v) is 8.52. The zero-order valence-corrected chi connectivity index (χ0v) is 25.2. The predicted molar refractivity (Wildman–Crippen MR) is 192 cm³/mol. The monoisotopic (exact) mass is 583 g/mol. The first-order valence-corrected chi connectivity index (χ1v) is 16.0. The van der Waals surface area contributed by atoms with Gasteiger partial charge in [-0.25, -0.2) is 0 Å². The first-order valence-electron chi connectivity index (χ1n) is 16.0. The second-order valence-electron chi connectivity index (χ2n) is 12.4. The molecule has 0 radical (unpaired) electrons. The molecule has 0 fully saturated rings. The Morgan fingerprint density at radius 2 is 0.870 bits per heavy atom. The Labute approximate surface area is 268 Å². The lowest BCUT2D eigenvalue weighted by Crippen LogP contribution is -2.26. The number of fused-ring (bicyclic) bond motifs is 13. The predicted octanol–water partition coefficient (Wildman–Crippen LogP) is 11.8. The molecule has 8 aromatic rings. The molecule has 0 aliphatic heterocycles. The molecule has 1 spiro atoms. The van der Waals surface area contributed by atoms with E-state index in [0.717, 1.165) is 5.69 Å². The first-order chi connectivity index (χ1) is 22.9. The van der Waals surface area contributed by atoms with Crippen molar-refractivity contribution in [2.45, 2.75) is 5.41 Å². The van der Waals surface area contributed by atoms with E-state index in [9.17, 15) is 0 Å². The van der Waals surface area contributed by atoms with Gasteiger partial charge < -0.3 is 4.90 Å². The zero-order chi connectivity index (χ0) is 30.2. The number of para-hydroxylation sites is 1. The number of anilines is 3. The average molecular weight is 584 g/mol. The highest BCUT2D eigenvalue weighted by Gasteiger charge is 2.52. The van der Waals surface area contributed by atoms with E-state index in [0.29, 0.717) is 0 Å². The van der Waals surface area contributed by atoms with Crippen molar-refractivity contribution in [3.63, 3.8) is 0 Å². The summed E-state index contributed by atoms with van der Waals surface area (Å²) < 4.78 is 0. The number of hydrogen-bond acceptors (Lipinski definition) is 1. The van der Waals surface area contributed by atoms with E-state index in [2.05, 4.69) is 181 Å². The summed E-state index contributed by atoms with van der Waals surface area (Å²) in [6, 6.07) is 65.0. The highest BCUT2D eigenvalue weighted by atomic mass is 15.1. The third kappa shape index (κ3) is 3.24. The van der Waals surface area contributed by atoms with Crippen molar-refractivity contribution in [1.29, 1.82) is 0 Å².